The van der Waals surface area contributed by atoms with Crippen molar-refractivity contribution in [2.45, 2.75) is 12.8 Å². The third kappa shape index (κ3) is 6.33. The average Bonchev–Trinajstić information content (AvgIpc) is 2.49. The Kier molecular flexibility index (Phi) is 5.64. The van der Waals surface area contributed by atoms with Crippen LogP contribution < -0.4 is 0 Å². The molecule has 0 spiro atoms. The van der Waals surface area contributed by atoms with Gasteiger partial charge in [-0.1, -0.05) is 0 Å². The van der Waals surface area contributed by atoms with E-state index in [1.165, 1.54) is 9.80 Å². The molecule has 0 aromatic rings. The number of carbonyl (C=O) groups is 1. The van der Waals surface area contributed by atoms with E-state index in [0.717, 1.165) is 12.8 Å². The van der Waals surface area contributed by atoms with Crippen LogP contribution in [0.5, 0.6) is 0 Å². The zero-order chi connectivity index (χ0) is 12.1. The monoisotopic (exact) mass is 236 g/mol. The van der Waals surface area contributed by atoms with Gasteiger partial charge in [0.15, 0.2) is 0 Å². The first-order chi connectivity index (χ1) is 6.76. The minimum atomic E-state index is -2.55. The lowest BCUT2D eigenvalue weighted by Crippen LogP contribution is -2.33. The van der Waals surface area contributed by atoms with Crippen LogP contribution in [0.2, 0.25) is 0 Å². The van der Waals surface area contributed by atoms with Gasteiger partial charge in [-0.25, -0.2) is 13.2 Å². The molecule has 5 nitrogen and oxygen atoms in total. The van der Waals surface area contributed by atoms with Gasteiger partial charge in [0.2, 0.25) is 0 Å². The molecule has 0 radical (unpaired) electrons. The number of rotatable bonds is 0. The van der Waals surface area contributed by atoms with E-state index in [1.807, 2.05) is 0 Å². The Bertz CT molecular complexity index is 274. The second-order valence-electron chi connectivity index (χ2n) is 3.93. The number of hydrogen-bond donors (Lipinski definition) is 0. The molecule has 0 bridgehead atoms. The van der Waals surface area contributed by atoms with Crippen molar-refractivity contribution in [3.8, 4) is 0 Å². The first kappa shape index (κ1) is 14.2. The summed E-state index contributed by atoms with van der Waals surface area (Å²) in [7, 11) is 4.35. The van der Waals surface area contributed by atoms with Crippen LogP contribution in [0.4, 0.5) is 4.79 Å². The molecule has 1 aliphatic rings. The Labute approximate surface area is 92.0 Å². The number of hydrogen-bond acceptors (Lipinski definition) is 3. The highest BCUT2D eigenvalue weighted by molar-refractivity contribution is 7.91. The summed E-state index contributed by atoms with van der Waals surface area (Å²) < 4.78 is 20.9. The van der Waals surface area contributed by atoms with E-state index in [9.17, 15) is 13.2 Å². The van der Waals surface area contributed by atoms with Gasteiger partial charge in [0.05, 0.1) is 11.5 Å². The molecule has 1 saturated heterocycles. The zero-order valence-corrected chi connectivity index (χ0v) is 10.7. The number of urea groups is 1. The second kappa shape index (κ2) is 5.95. The van der Waals surface area contributed by atoms with Crippen LogP contribution in [0.25, 0.3) is 0 Å². The summed E-state index contributed by atoms with van der Waals surface area (Å²) in [6.07, 6.45) is 1.75. The standard InChI is InChI=1S/C5H12N2O.C4H8O2S/c1-6(2)5(8)7(3)4;5-7(6)3-1-2-4-7/h1-4H3;1-4H2. The van der Waals surface area contributed by atoms with Crippen molar-refractivity contribution < 1.29 is 13.2 Å². The van der Waals surface area contributed by atoms with Crippen LogP contribution in [0.3, 0.4) is 0 Å². The summed E-state index contributed by atoms with van der Waals surface area (Å²) in [6.45, 7) is 0. The molecule has 2 amide bonds. The van der Waals surface area contributed by atoms with Gasteiger partial charge in [0.25, 0.3) is 0 Å². The Morgan fingerprint density at radius 1 is 0.933 bits per heavy atom. The maximum atomic E-state index is 10.7. The lowest BCUT2D eigenvalue weighted by atomic mass is 10.4. The van der Waals surface area contributed by atoms with E-state index in [-0.39, 0.29) is 6.03 Å². The maximum Gasteiger partial charge on any atom is 0.318 e. The van der Waals surface area contributed by atoms with Crippen LogP contribution in [0.15, 0.2) is 0 Å². The Morgan fingerprint density at radius 2 is 1.27 bits per heavy atom. The third-order valence-corrected chi connectivity index (χ3v) is 3.75. The molecule has 0 unspecified atom stereocenters. The lowest BCUT2D eigenvalue weighted by molar-refractivity contribution is 0.191. The minimum absolute atomic E-state index is 0.0185. The summed E-state index contributed by atoms with van der Waals surface area (Å²) in [5.41, 5.74) is 0. The molecule has 6 heteroatoms. The van der Waals surface area contributed by atoms with E-state index in [0.29, 0.717) is 11.5 Å². The van der Waals surface area contributed by atoms with Crippen LogP contribution in [0, 0.1) is 0 Å². The summed E-state index contributed by atoms with van der Waals surface area (Å²) in [5.74, 6) is 0.847. The predicted molar refractivity (Wildman–Crippen MR) is 60.7 cm³/mol. The van der Waals surface area contributed by atoms with E-state index in [1.54, 1.807) is 28.2 Å². The molecule has 0 atom stereocenters. The van der Waals surface area contributed by atoms with Crippen molar-refractivity contribution in [3.63, 3.8) is 0 Å². The first-order valence-corrected chi connectivity index (χ1v) is 6.67. The Morgan fingerprint density at radius 3 is 1.33 bits per heavy atom. The van der Waals surface area contributed by atoms with Crippen LogP contribution in [0.1, 0.15) is 12.8 Å². The topological polar surface area (TPSA) is 57.7 Å². The zero-order valence-electron chi connectivity index (χ0n) is 9.86. The molecule has 0 aliphatic carbocycles. The number of nitrogens with zero attached hydrogens (tertiary/aromatic N) is 2. The highest BCUT2D eigenvalue weighted by Crippen LogP contribution is 2.08. The largest absolute Gasteiger partial charge is 0.331 e. The molecule has 1 heterocycles. The molecule has 1 fully saturated rings. The fraction of sp³-hybridized carbons (Fsp3) is 0.889. The molecule has 0 saturated carbocycles. The van der Waals surface area contributed by atoms with Gasteiger partial charge in [-0.05, 0) is 12.8 Å². The number of sulfone groups is 1. The Hall–Kier alpha value is -0.780. The third-order valence-electron chi connectivity index (χ3n) is 1.93. The highest BCUT2D eigenvalue weighted by atomic mass is 32.2. The maximum absolute atomic E-state index is 10.7. The molecule has 0 aromatic carbocycles. The fourth-order valence-electron chi connectivity index (χ4n) is 1.15. The van der Waals surface area contributed by atoms with Gasteiger partial charge < -0.3 is 9.80 Å². The van der Waals surface area contributed by atoms with Crippen LogP contribution in [-0.2, 0) is 9.84 Å². The van der Waals surface area contributed by atoms with Crippen molar-refractivity contribution in [3.05, 3.63) is 0 Å². The second-order valence-corrected chi connectivity index (χ2v) is 6.23. The molecule has 0 aromatic heterocycles. The summed E-state index contributed by atoms with van der Waals surface area (Å²) in [4.78, 5) is 13.8. The van der Waals surface area contributed by atoms with Crippen molar-refractivity contribution >= 4 is 15.9 Å². The fourth-order valence-corrected chi connectivity index (χ4v) is 2.64. The molecule has 1 aliphatic heterocycles. The van der Waals surface area contributed by atoms with Gasteiger partial charge in [-0.15, -0.1) is 0 Å². The highest BCUT2D eigenvalue weighted by Gasteiger charge is 2.16. The summed E-state index contributed by atoms with van der Waals surface area (Å²) in [5, 5.41) is 0. The molecule has 90 valence electrons. The summed E-state index contributed by atoms with van der Waals surface area (Å²) >= 11 is 0. The number of amides is 2. The molecule has 1 rings (SSSR count). The van der Waals surface area contributed by atoms with E-state index >= 15 is 0 Å². The van der Waals surface area contributed by atoms with Gasteiger partial charge in [-0.3, -0.25) is 0 Å². The van der Waals surface area contributed by atoms with Crippen molar-refractivity contribution in [2.24, 2.45) is 0 Å². The van der Waals surface area contributed by atoms with E-state index in [2.05, 4.69) is 0 Å². The normalized spacial score (nSPS) is 17.6. The lowest BCUT2D eigenvalue weighted by Gasteiger charge is -2.16. The van der Waals surface area contributed by atoms with Gasteiger partial charge >= 0.3 is 6.03 Å². The predicted octanol–water partition coefficient (Wildman–Crippen LogP) is 0.425. The van der Waals surface area contributed by atoms with Gasteiger partial charge in [-0.2, -0.15) is 0 Å². The first-order valence-electron chi connectivity index (χ1n) is 4.85. The molecule has 15 heavy (non-hydrogen) atoms. The van der Waals surface area contributed by atoms with Gasteiger partial charge in [0.1, 0.15) is 9.84 Å². The average molecular weight is 236 g/mol. The molecule has 0 N–H and O–H groups in total. The minimum Gasteiger partial charge on any atom is -0.331 e. The number of carbonyl (C=O) groups excluding carboxylic acids is 1. The molecular weight excluding hydrogens is 216 g/mol. The Balaban J connectivity index is 0.000000262. The SMILES string of the molecule is CN(C)C(=O)N(C)C.O=S1(=O)CCCC1. The van der Waals surface area contributed by atoms with E-state index in [4.69, 9.17) is 0 Å². The van der Waals surface area contributed by atoms with Crippen molar-refractivity contribution in [1.82, 2.24) is 9.80 Å². The van der Waals surface area contributed by atoms with Crippen molar-refractivity contribution in [1.29, 1.82) is 0 Å². The quantitative estimate of drug-likeness (QED) is 0.612. The summed E-state index contributed by atoms with van der Waals surface area (Å²) in [6, 6.07) is 0.0185. The van der Waals surface area contributed by atoms with E-state index < -0.39 is 9.84 Å². The van der Waals surface area contributed by atoms with Crippen molar-refractivity contribution in [2.75, 3.05) is 39.7 Å². The van der Waals surface area contributed by atoms with Gasteiger partial charge in [0, 0.05) is 28.2 Å². The van der Waals surface area contributed by atoms with Crippen LogP contribution in [-0.4, -0.2) is 63.9 Å². The molecular formula is C9H20N2O3S. The van der Waals surface area contributed by atoms with Crippen LogP contribution >= 0.6 is 0 Å². The smallest absolute Gasteiger partial charge is 0.318 e.